The summed E-state index contributed by atoms with van der Waals surface area (Å²) in [5.41, 5.74) is 8.48. The van der Waals surface area contributed by atoms with E-state index in [1.165, 1.54) is 63.6 Å². The molecule has 1 aromatic carbocycles. The van der Waals surface area contributed by atoms with Crippen LogP contribution in [0.15, 0.2) is 24.3 Å². The molecular formula is C17H26N2. The minimum atomic E-state index is 0.682. The molecule has 0 unspecified atom stereocenters. The van der Waals surface area contributed by atoms with Gasteiger partial charge in [-0.05, 0) is 56.3 Å². The summed E-state index contributed by atoms with van der Waals surface area (Å²) in [7, 11) is 0. The van der Waals surface area contributed by atoms with E-state index in [1.54, 1.807) is 0 Å². The zero-order valence-corrected chi connectivity index (χ0v) is 11.9. The Bertz CT molecular complexity index is 401. The number of nitrogens with two attached hydrogens (primary N) is 1. The summed E-state index contributed by atoms with van der Waals surface area (Å²) in [6, 6.07) is 9.30. The molecule has 2 heteroatoms. The summed E-state index contributed by atoms with van der Waals surface area (Å²) >= 11 is 0. The molecule has 1 saturated carbocycles. The summed E-state index contributed by atoms with van der Waals surface area (Å²) < 4.78 is 0. The van der Waals surface area contributed by atoms with Crippen LogP contribution in [-0.4, -0.2) is 24.0 Å². The lowest BCUT2D eigenvalue weighted by Gasteiger charge is -2.39. The lowest BCUT2D eigenvalue weighted by molar-refractivity contribution is 0.122. The number of piperidine rings is 1. The number of rotatable bonds is 2. The molecule has 2 nitrogen and oxygen atoms in total. The molecular weight excluding hydrogens is 232 g/mol. The van der Waals surface area contributed by atoms with Crippen molar-refractivity contribution in [2.75, 3.05) is 18.8 Å². The number of anilines is 1. The van der Waals surface area contributed by atoms with Crippen molar-refractivity contribution in [3.05, 3.63) is 29.8 Å². The molecule has 2 fully saturated rings. The van der Waals surface area contributed by atoms with Gasteiger partial charge in [-0.3, -0.25) is 0 Å². The summed E-state index contributed by atoms with van der Waals surface area (Å²) in [4.78, 5) is 2.74. The highest BCUT2D eigenvalue weighted by Crippen LogP contribution is 2.34. The van der Waals surface area contributed by atoms with E-state index in [4.69, 9.17) is 5.73 Å². The van der Waals surface area contributed by atoms with E-state index < -0.39 is 0 Å². The molecule has 0 atom stereocenters. The van der Waals surface area contributed by atoms with E-state index in [2.05, 4.69) is 17.0 Å². The van der Waals surface area contributed by atoms with Crippen molar-refractivity contribution < 1.29 is 0 Å². The van der Waals surface area contributed by atoms with Crippen molar-refractivity contribution in [3.63, 3.8) is 0 Å². The van der Waals surface area contributed by atoms with Gasteiger partial charge in [0, 0.05) is 11.7 Å². The zero-order chi connectivity index (χ0) is 13.1. The first-order valence-corrected chi connectivity index (χ1v) is 7.93. The Kier molecular flexibility index (Phi) is 4.07. The standard InChI is InChI=1S/C17H26N2/c18-17-9-5-4-8-16(17)14-10-12-19(13-11-14)15-6-2-1-3-7-15/h4-5,8-9,14-15H,1-3,6-7,10-13,18H2. The monoisotopic (exact) mass is 258 g/mol. The van der Waals surface area contributed by atoms with Crippen molar-refractivity contribution in [2.24, 2.45) is 0 Å². The maximum Gasteiger partial charge on any atom is 0.0349 e. The van der Waals surface area contributed by atoms with Crippen LogP contribution in [0.2, 0.25) is 0 Å². The van der Waals surface area contributed by atoms with Crippen LogP contribution in [0.25, 0.3) is 0 Å². The predicted molar refractivity (Wildman–Crippen MR) is 81.3 cm³/mol. The van der Waals surface area contributed by atoms with Crippen LogP contribution in [0.4, 0.5) is 5.69 Å². The number of hydrogen-bond donors (Lipinski definition) is 1. The van der Waals surface area contributed by atoms with E-state index in [9.17, 15) is 0 Å². The Morgan fingerprint density at radius 2 is 1.58 bits per heavy atom. The van der Waals surface area contributed by atoms with E-state index in [-0.39, 0.29) is 0 Å². The Hall–Kier alpha value is -1.02. The summed E-state index contributed by atoms with van der Waals surface area (Å²) in [6.07, 6.45) is 9.76. The first-order chi connectivity index (χ1) is 9.34. The lowest BCUT2D eigenvalue weighted by atomic mass is 9.86. The Morgan fingerprint density at radius 3 is 2.26 bits per heavy atom. The minimum Gasteiger partial charge on any atom is -0.398 e. The molecule has 1 aromatic rings. The van der Waals surface area contributed by atoms with Gasteiger partial charge in [0.15, 0.2) is 0 Å². The van der Waals surface area contributed by atoms with Gasteiger partial charge < -0.3 is 10.6 Å². The smallest absolute Gasteiger partial charge is 0.0349 e. The Balaban J connectivity index is 1.58. The fourth-order valence-electron chi connectivity index (χ4n) is 3.90. The highest BCUT2D eigenvalue weighted by atomic mass is 15.2. The molecule has 2 N–H and O–H groups in total. The molecule has 19 heavy (non-hydrogen) atoms. The predicted octanol–water partition coefficient (Wildman–Crippen LogP) is 3.78. The van der Waals surface area contributed by atoms with Gasteiger partial charge in [-0.25, -0.2) is 0 Å². The molecule has 0 bridgehead atoms. The summed E-state index contributed by atoms with van der Waals surface area (Å²) in [5, 5.41) is 0. The van der Waals surface area contributed by atoms with Gasteiger partial charge in [-0.15, -0.1) is 0 Å². The van der Waals surface area contributed by atoms with Crippen molar-refractivity contribution >= 4 is 5.69 Å². The van der Waals surface area contributed by atoms with Gasteiger partial charge in [-0.1, -0.05) is 37.5 Å². The van der Waals surface area contributed by atoms with E-state index >= 15 is 0 Å². The van der Waals surface area contributed by atoms with Gasteiger partial charge in [0.1, 0.15) is 0 Å². The average Bonchev–Trinajstić information content (AvgIpc) is 2.49. The molecule has 104 valence electrons. The van der Waals surface area contributed by atoms with Crippen LogP contribution in [0.3, 0.4) is 0 Å². The van der Waals surface area contributed by atoms with E-state index in [1.807, 2.05) is 12.1 Å². The SMILES string of the molecule is Nc1ccccc1C1CCN(C2CCCCC2)CC1. The second-order valence-corrected chi connectivity index (χ2v) is 6.23. The first kappa shape index (κ1) is 13.0. The van der Waals surface area contributed by atoms with Gasteiger partial charge >= 0.3 is 0 Å². The fourth-order valence-corrected chi connectivity index (χ4v) is 3.90. The number of benzene rings is 1. The molecule has 1 heterocycles. The highest BCUT2D eigenvalue weighted by molar-refractivity contribution is 5.48. The third-order valence-electron chi connectivity index (χ3n) is 5.06. The zero-order valence-electron chi connectivity index (χ0n) is 11.9. The topological polar surface area (TPSA) is 29.3 Å². The molecule has 0 aromatic heterocycles. The van der Waals surface area contributed by atoms with Crippen LogP contribution in [0, 0.1) is 0 Å². The minimum absolute atomic E-state index is 0.682. The number of likely N-dealkylation sites (tertiary alicyclic amines) is 1. The normalized spacial score (nSPS) is 23.6. The second-order valence-electron chi connectivity index (χ2n) is 6.23. The van der Waals surface area contributed by atoms with Gasteiger partial charge in [0.25, 0.3) is 0 Å². The maximum atomic E-state index is 6.12. The largest absolute Gasteiger partial charge is 0.398 e. The number of para-hydroxylation sites is 1. The molecule has 1 saturated heterocycles. The van der Waals surface area contributed by atoms with Crippen molar-refractivity contribution in [1.29, 1.82) is 0 Å². The third kappa shape index (κ3) is 2.94. The summed E-state index contributed by atoms with van der Waals surface area (Å²) in [6.45, 7) is 2.54. The molecule has 0 radical (unpaired) electrons. The molecule has 0 spiro atoms. The van der Waals surface area contributed by atoms with Crippen LogP contribution < -0.4 is 5.73 Å². The number of nitrogen functional groups attached to an aromatic ring is 1. The molecule has 1 aliphatic carbocycles. The first-order valence-electron chi connectivity index (χ1n) is 7.93. The number of hydrogen-bond acceptors (Lipinski definition) is 2. The molecule has 2 aliphatic rings. The van der Waals surface area contributed by atoms with Gasteiger partial charge in [0.2, 0.25) is 0 Å². The quantitative estimate of drug-likeness (QED) is 0.818. The average molecular weight is 258 g/mol. The number of nitrogens with zero attached hydrogens (tertiary/aromatic N) is 1. The van der Waals surface area contributed by atoms with Crippen molar-refractivity contribution in [1.82, 2.24) is 4.90 Å². The van der Waals surface area contributed by atoms with E-state index in [0.29, 0.717) is 5.92 Å². The van der Waals surface area contributed by atoms with Crippen LogP contribution in [0.1, 0.15) is 56.4 Å². The highest BCUT2D eigenvalue weighted by Gasteiger charge is 2.27. The molecule has 1 aliphatic heterocycles. The Labute approximate surface area is 117 Å². The maximum absolute atomic E-state index is 6.12. The third-order valence-corrected chi connectivity index (χ3v) is 5.06. The van der Waals surface area contributed by atoms with Gasteiger partial charge in [-0.2, -0.15) is 0 Å². The fraction of sp³-hybridized carbons (Fsp3) is 0.647. The summed E-state index contributed by atoms with van der Waals surface area (Å²) in [5.74, 6) is 0.682. The van der Waals surface area contributed by atoms with Crippen molar-refractivity contribution in [3.8, 4) is 0 Å². The van der Waals surface area contributed by atoms with E-state index in [0.717, 1.165) is 11.7 Å². The van der Waals surface area contributed by atoms with Crippen molar-refractivity contribution in [2.45, 2.75) is 56.9 Å². The van der Waals surface area contributed by atoms with Crippen LogP contribution >= 0.6 is 0 Å². The second kappa shape index (κ2) is 5.96. The lowest BCUT2D eigenvalue weighted by Crippen LogP contribution is -2.41. The Morgan fingerprint density at radius 1 is 0.895 bits per heavy atom. The van der Waals surface area contributed by atoms with Crippen LogP contribution in [-0.2, 0) is 0 Å². The molecule has 3 rings (SSSR count). The van der Waals surface area contributed by atoms with Crippen LogP contribution in [0.5, 0.6) is 0 Å². The molecule has 0 amide bonds. The van der Waals surface area contributed by atoms with Gasteiger partial charge in [0.05, 0.1) is 0 Å².